The highest BCUT2D eigenvalue weighted by Crippen LogP contribution is 2.39. The Morgan fingerprint density at radius 2 is 1.30 bits per heavy atom. The molecule has 0 aliphatic carbocycles. The van der Waals surface area contributed by atoms with Gasteiger partial charge >= 0.3 is 0 Å². The van der Waals surface area contributed by atoms with E-state index >= 15 is 0 Å². The van der Waals surface area contributed by atoms with E-state index < -0.39 is 0 Å². The number of aromatic nitrogens is 3. The van der Waals surface area contributed by atoms with Gasteiger partial charge < -0.3 is 0 Å². The number of benzene rings is 4. The van der Waals surface area contributed by atoms with Crippen LogP contribution in [0.15, 0.2) is 164 Å². The third-order valence-electron chi connectivity index (χ3n) is 7.99. The molecule has 5 nitrogen and oxygen atoms in total. The molecule has 242 valence electrons. The topological polar surface area (TPSA) is 63.4 Å². The van der Waals surface area contributed by atoms with Crippen molar-refractivity contribution in [3.63, 3.8) is 0 Å². The van der Waals surface area contributed by atoms with Gasteiger partial charge in [-0.1, -0.05) is 148 Å². The summed E-state index contributed by atoms with van der Waals surface area (Å²) in [5, 5.41) is 0.771. The molecule has 0 amide bonds. The molecule has 0 saturated heterocycles. The van der Waals surface area contributed by atoms with Crippen molar-refractivity contribution in [2.45, 2.75) is 6.54 Å². The zero-order valence-corrected chi connectivity index (χ0v) is 28.5. The zero-order chi connectivity index (χ0) is 34.9. The zero-order valence-electron chi connectivity index (χ0n) is 27.7. The number of thiophene rings is 1. The van der Waals surface area contributed by atoms with Crippen molar-refractivity contribution >= 4 is 46.5 Å². The van der Waals surface area contributed by atoms with Crippen LogP contribution >= 0.6 is 11.3 Å². The highest BCUT2D eigenvalue weighted by molar-refractivity contribution is 7.17. The van der Waals surface area contributed by atoms with Crippen LogP contribution in [-0.2, 0) is 6.54 Å². The van der Waals surface area contributed by atoms with Gasteiger partial charge in [-0.2, -0.15) is 0 Å². The first-order valence-electron chi connectivity index (χ1n) is 16.0. The second-order valence-electron chi connectivity index (χ2n) is 11.2. The van der Waals surface area contributed by atoms with Crippen LogP contribution in [0.5, 0.6) is 0 Å². The number of hydrogen-bond donors (Lipinski definition) is 0. The van der Waals surface area contributed by atoms with E-state index in [1.165, 1.54) is 11.3 Å². The predicted octanol–water partition coefficient (Wildman–Crippen LogP) is 11.3. The van der Waals surface area contributed by atoms with Crippen LogP contribution in [0.25, 0.3) is 51.6 Å². The highest BCUT2D eigenvalue weighted by Gasteiger charge is 2.21. The van der Waals surface area contributed by atoms with Crippen LogP contribution in [0.3, 0.4) is 0 Å². The number of hydrogen-bond acceptors (Lipinski definition) is 6. The standard InChI is InChI=1S/C44H35N5S/c1-6-19-31(7-2)41-47-42(34-24-17-12-18-25-34)49-43(48-41)36-27-30(26-35(28-36)32-20-13-10-14-21-32)29-46-40(33-22-15-11-16-23-33)39-37(8-3)38(9-4)50-44(39)45-5/h6-28H,1-5,29H2/b31-19+,46-40?. The lowest BCUT2D eigenvalue weighted by atomic mass is 9.97. The maximum absolute atomic E-state index is 5.28. The Bertz CT molecular complexity index is 2260. The van der Waals surface area contributed by atoms with E-state index in [1.807, 2.05) is 85.0 Å². The summed E-state index contributed by atoms with van der Waals surface area (Å²) in [5.74, 6) is 1.62. The fraction of sp³-hybridized carbons (Fsp3) is 0.0227. The SMILES string of the molecule is C=C/C=C(\C=C)c1nc(-c2ccccc2)nc(-c2cc(CN=C(c3ccccc3)c3c(N=C)sc(C=C)c3C=C)cc(-c3ccccc3)c2)n1. The molecular weight excluding hydrogens is 631 g/mol. The summed E-state index contributed by atoms with van der Waals surface area (Å²) >= 11 is 1.52. The molecule has 0 bridgehead atoms. The Hall–Kier alpha value is -6.37. The predicted molar refractivity (Wildman–Crippen MR) is 214 cm³/mol. The average Bonchev–Trinajstić information content (AvgIpc) is 3.55. The van der Waals surface area contributed by atoms with E-state index in [4.69, 9.17) is 19.9 Å². The minimum absolute atomic E-state index is 0.377. The van der Waals surface area contributed by atoms with Crippen molar-refractivity contribution in [1.82, 2.24) is 15.0 Å². The fourth-order valence-corrected chi connectivity index (χ4v) is 6.61. The number of allylic oxidation sites excluding steroid dienone is 4. The van der Waals surface area contributed by atoms with Gasteiger partial charge in [-0.25, -0.2) is 15.0 Å². The third kappa shape index (κ3) is 7.21. The number of rotatable bonds is 13. The Balaban J connectivity index is 1.56. The fourth-order valence-electron chi connectivity index (χ4n) is 5.65. The molecule has 0 radical (unpaired) electrons. The summed E-state index contributed by atoms with van der Waals surface area (Å²) < 4.78 is 0. The quantitative estimate of drug-likeness (QED) is 0.0911. The summed E-state index contributed by atoms with van der Waals surface area (Å²) in [6, 6.07) is 36.7. The molecule has 0 fully saturated rings. The molecule has 4 aromatic carbocycles. The first-order valence-corrected chi connectivity index (χ1v) is 16.8. The van der Waals surface area contributed by atoms with Gasteiger partial charge in [0.15, 0.2) is 17.5 Å². The molecule has 0 saturated carbocycles. The smallest absolute Gasteiger partial charge is 0.164 e. The Morgan fingerprint density at radius 1 is 0.680 bits per heavy atom. The molecule has 2 heterocycles. The molecule has 0 atom stereocenters. The molecule has 0 aliphatic rings. The Morgan fingerprint density at radius 3 is 1.90 bits per heavy atom. The van der Waals surface area contributed by atoms with Crippen molar-refractivity contribution in [3.05, 3.63) is 187 Å². The maximum atomic E-state index is 5.28. The minimum Gasteiger partial charge on any atom is -0.279 e. The van der Waals surface area contributed by atoms with Gasteiger partial charge in [0.25, 0.3) is 0 Å². The molecule has 0 unspecified atom stereocenters. The molecule has 0 aliphatic heterocycles. The van der Waals surface area contributed by atoms with Crippen LogP contribution in [0.2, 0.25) is 0 Å². The van der Waals surface area contributed by atoms with Crippen LogP contribution < -0.4 is 0 Å². The number of nitrogens with zero attached hydrogens (tertiary/aromatic N) is 5. The Labute approximate surface area is 297 Å². The van der Waals surface area contributed by atoms with Crippen molar-refractivity contribution in [3.8, 4) is 33.9 Å². The van der Waals surface area contributed by atoms with Crippen LogP contribution in [0.4, 0.5) is 5.00 Å². The average molecular weight is 666 g/mol. The van der Waals surface area contributed by atoms with E-state index in [0.29, 0.717) is 24.0 Å². The van der Waals surface area contributed by atoms with Crippen molar-refractivity contribution in [2.24, 2.45) is 9.98 Å². The van der Waals surface area contributed by atoms with Gasteiger partial charge in [0.2, 0.25) is 0 Å². The summed E-state index contributed by atoms with van der Waals surface area (Å²) in [6.45, 7) is 20.2. The van der Waals surface area contributed by atoms with Crippen molar-refractivity contribution < 1.29 is 0 Å². The van der Waals surface area contributed by atoms with Crippen molar-refractivity contribution in [2.75, 3.05) is 0 Å². The normalized spacial score (nSPS) is 11.5. The van der Waals surface area contributed by atoms with Crippen molar-refractivity contribution in [1.29, 1.82) is 0 Å². The Kier molecular flexibility index (Phi) is 10.5. The van der Waals surface area contributed by atoms with E-state index in [9.17, 15) is 0 Å². The lowest BCUT2D eigenvalue weighted by molar-refractivity contribution is 1.03. The van der Waals surface area contributed by atoms with Crippen LogP contribution in [0.1, 0.15) is 33.0 Å². The van der Waals surface area contributed by atoms with E-state index in [0.717, 1.165) is 65.7 Å². The van der Waals surface area contributed by atoms with E-state index in [2.05, 4.69) is 80.5 Å². The molecular formula is C44H35N5S. The monoisotopic (exact) mass is 665 g/mol. The highest BCUT2D eigenvalue weighted by atomic mass is 32.1. The number of aliphatic imine (C=N–C) groups is 2. The lowest BCUT2D eigenvalue weighted by Gasteiger charge is -2.13. The third-order valence-corrected chi connectivity index (χ3v) is 9.13. The van der Waals surface area contributed by atoms with Gasteiger partial charge in [0.05, 0.1) is 12.3 Å². The first-order chi connectivity index (χ1) is 24.6. The van der Waals surface area contributed by atoms with Gasteiger partial charge in [0, 0.05) is 38.3 Å². The molecule has 6 heteroatoms. The first kappa shape index (κ1) is 33.5. The summed E-state index contributed by atoms with van der Waals surface area (Å²) in [5.41, 5.74) is 9.14. The summed E-state index contributed by atoms with van der Waals surface area (Å²) in [7, 11) is 0. The summed E-state index contributed by atoms with van der Waals surface area (Å²) in [6.07, 6.45) is 8.94. The molecule has 0 spiro atoms. The second-order valence-corrected chi connectivity index (χ2v) is 12.2. The van der Waals surface area contributed by atoms with Gasteiger partial charge in [-0.15, -0.1) is 11.3 Å². The lowest BCUT2D eigenvalue weighted by Crippen LogP contribution is -2.06. The van der Waals surface area contributed by atoms with Gasteiger partial charge in [0.1, 0.15) is 5.00 Å². The van der Waals surface area contributed by atoms with E-state index in [1.54, 1.807) is 12.2 Å². The second kappa shape index (κ2) is 15.7. The summed E-state index contributed by atoms with van der Waals surface area (Å²) in [4.78, 5) is 25.4. The largest absolute Gasteiger partial charge is 0.279 e. The van der Waals surface area contributed by atoms with E-state index in [-0.39, 0.29) is 0 Å². The molecule has 6 rings (SSSR count). The van der Waals surface area contributed by atoms with Crippen LogP contribution in [0, 0.1) is 0 Å². The van der Waals surface area contributed by atoms with Crippen LogP contribution in [-0.4, -0.2) is 27.4 Å². The maximum Gasteiger partial charge on any atom is 0.164 e. The molecule has 0 N–H and O–H groups in total. The van der Waals surface area contributed by atoms with Gasteiger partial charge in [-0.3, -0.25) is 9.98 Å². The molecule has 6 aromatic rings. The minimum atomic E-state index is 0.377. The molecule has 2 aromatic heterocycles. The molecule has 50 heavy (non-hydrogen) atoms. The van der Waals surface area contributed by atoms with Gasteiger partial charge in [-0.05, 0) is 41.6 Å².